The monoisotopic (exact) mass is 411 g/mol. The molecule has 0 aliphatic carbocycles. The first-order valence-corrected chi connectivity index (χ1v) is 11.3. The van der Waals surface area contributed by atoms with Crippen molar-refractivity contribution in [3.05, 3.63) is 76.1 Å². The number of nitro benzene ring substituents is 1. The van der Waals surface area contributed by atoms with Gasteiger partial charge in [-0.2, -0.15) is 5.10 Å². The predicted molar refractivity (Wildman–Crippen MR) is 119 cm³/mol. The van der Waals surface area contributed by atoms with Crippen LogP contribution in [0.25, 0.3) is 5.69 Å². The first kappa shape index (κ1) is 21.0. The van der Waals surface area contributed by atoms with Crippen molar-refractivity contribution in [2.24, 2.45) is 4.74 Å². The smallest absolute Gasteiger partial charge is 0.269 e. The Bertz CT molecular complexity index is 1070. The standard InChI is InChI=1S/C21H26N5O2P/c1-6-29(24(4)5,23-18-12-14-20(15-13-18)26(27)28)21-16(2)22-25(17(21)3)19-10-8-7-9-11-19/h7-15H,6H2,1-5H3/t29-/m1/s1. The van der Waals surface area contributed by atoms with Crippen molar-refractivity contribution in [3.8, 4) is 5.69 Å². The minimum absolute atomic E-state index is 0.0680. The van der Waals surface area contributed by atoms with Crippen molar-refractivity contribution in [1.29, 1.82) is 0 Å². The lowest BCUT2D eigenvalue weighted by Gasteiger charge is -2.31. The molecule has 3 aromatic rings. The lowest BCUT2D eigenvalue weighted by Crippen LogP contribution is -2.23. The Morgan fingerprint density at radius 1 is 1.10 bits per heavy atom. The van der Waals surface area contributed by atoms with E-state index in [1.807, 2.05) is 56.0 Å². The quantitative estimate of drug-likeness (QED) is 0.323. The van der Waals surface area contributed by atoms with E-state index in [1.54, 1.807) is 12.1 Å². The number of para-hydroxylation sites is 1. The third-order valence-corrected chi connectivity index (χ3v) is 9.19. The highest BCUT2D eigenvalue weighted by Crippen LogP contribution is 2.54. The molecule has 0 saturated carbocycles. The molecule has 3 rings (SSSR count). The van der Waals surface area contributed by atoms with Crippen LogP contribution < -0.4 is 5.30 Å². The summed E-state index contributed by atoms with van der Waals surface area (Å²) in [5, 5.41) is 17.0. The molecule has 1 heterocycles. The van der Waals surface area contributed by atoms with Crippen molar-refractivity contribution in [3.63, 3.8) is 0 Å². The van der Waals surface area contributed by atoms with Crippen molar-refractivity contribution >= 4 is 23.9 Å². The van der Waals surface area contributed by atoms with Gasteiger partial charge in [0.1, 0.15) is 0 Å². The van der Waals surface area contributed by atoms with Gasteiger partial charge in [-0.1, -0.05) is 25.1 Å². The number of nitrogens with zero attached hydrogens (tertiary/aromatic N) is 5. The molecule has 0 aliphatic heterocycles. The molecule has 29 heavy (non-hydrogen) atoms. The van der Waals surface area contributed by atoms with Crippen molar-refractivity contribution in [2.45, 2.75) is 20.8 Å². The molecule has 7 nitrogen and oxygen atoms in total. The Morgan fingerprint density at radius 3 is 2.24 bits per heavy atom. The SMILES string of the molecule is CC[P@](=Nc1ccc([N+](=O)[O-])cc1)(c1c(C)nn(-c2ccccc2)c1C)N(C)C. The third kappa shape index (κ3) is 3.88. The topological polar surface area (TPSA) is 76.6 Å². The van der Waals surface area contributed by atoms with Crippen LogP contribution in [0.2, 0.25) is 0 Å². The first-order chi connectivity index (χ1) is 13.8. The minimum atomic E-state index is -2.13. The number of rotatable bonds is 6. The van der Waals surface area contributed by atoms with E-state index >= 15 is 0 Å². The maximum absolute atomic E-state index is 11.0. The molecule has 8 heteroatoms. The van der Waals surface area contributed by atoms with Crippen LogP contribution in [-0.4, -0.2) is 39.6 Å². The summed E-state index contributed by atoms with van der Waals surface area (Å²) >= 11 is 0. The van der Waals surface area contributed by atoms with E-state index in [2.05, 4.69) is 18.5 Å². The molecule has 0 fully saturated rings. The van der Waals surface area contributed by atoms with Crippen molar-refractivity contribution in [2.75, 3.05) is 20.3 Å². The molecule has 0 N–H and O–H groups in total. The van der Waals surface area contributed by atoms with Crippen molar-refractivity contribution < 1.29 is 4.92 Å². The maximum atomic E-state index is 11.0. The minimum Gasteiger partial charge on any atom is -0.272 e. The summed E-state index contributed by atoms with van der Waals surface area (Å²) in [6, 6.07) is 16.5. The maximum Gasteiger partial charge on any atom is 0.269 e. The second kappa shape index (κ2) is 8.31. The molecule has 152 valence electrons. The Hall–Kier alpha value is -2.76. The summed E-state index contributed by atoms with van der Waals surface area (Å²) in [6.45, 7) is 6.25. The van der Waals surface area contributed by atoms with Crippen LogP contribution in [0.4, 0.5) is 11.4 Å². The van der Waals surface area contributed by atoms with Gasteiger partial charge in [-0.3, -0.25) is 14.8 Å². The number of non-ortho nitro benzene ring substituents is 1. The predicted octanol–water partition coefficient (Wildman–Crippen LogP) is 5.05. The zero-order valence-corrected chi connectivity index (χ0v) is 18.3. The lowest BCUT2D eigenvalue weighted by atomic mass is 10.3. The molecule has 0 bridgehead atoms. The van der Waals surface area contributed by atoms with Gasteiger partial charge in [-0.05, 0) is 58.4 Å². The van der Waals surface area contributed by atoms with Gasteiger partial charge in [0, 0.05) is 12.1 Å². The molecule has 1 atom stereocenters. The van der Waals surface area contributed by atoms with Gasteiger partial charge in [0.05, 0.1) is 40.2 Å². The lowest BCUT2D eigenvalue weighted by molar-refractivity contribution is -0.384. The molecule has 1 aromatic heterocycles. The highest BCUT2D eigenvalue weighted by molar-refractivity contribution is 7.71. The zero-order valence-electron chi connectivity index (χ0n) is 17.4. The second-order valence-corrected chi connectivity index (χ2v) is 10.6. The highest BCUT2D eigenvalue weighted by atomic mass is 31.2. The number of aryl methyl sites for hydroxylation is 1. The summed E-state index contributed by atoms with van der Waals surface area (Å²) in [7, 11) is 1.96. The molecule has 0 aliphatic rings. The largest absolute Gasteiger partial charge is 0.272 e. The van der Waals surface area contributed by atoms with E-state index in [1.165, 1.54) is 12.1 Å². The van der Waals surface area contributed by atoms with Crippen molar-refractivity contribution in [1.82, 2.24) is 14.5 Å². The molecule has 0 amide bonds. The van der Waals surface area contributed by atoms with Gasteiger partial charge in [0.25, 0.3) is 5.69 Å². The third-order valence-electron chi connectivity index (χ3n) is 5.06. The van der Waals surface area contributed by atoms with E-state index in [9.17, 15) is 10.1 Å². The van der Waals surface area contributed by atoms with E-state index in [-0.39, 0.29) is 5.69 Å². The van der Waals surface area contributed by atoms with Crippen LogP contribution in [-0.2, 0) is 0 Å². The Balaban J connectivity index is 2.22. The summed E-state index contributed by atoms with van der Waals surface area (Å²) in [6.07, 6.45) is 0.832. The fourth-order valence-corrected chi connectivity index (χ4v) is 7.05. The highest BCUT2D eigenvalue weighted by Gasteiger charge is 2.30. The van der Waals surface area contributed by atoms with Gasteiger partial charge in [0.15, 0.2) is 0 Å². The Morgan fingerprint density at radius 2 is 1.72 bits per heavy atom. The summed E-state index contributed by atoms with van der Waals surface area (Å²) in [4.78, 5) is 10.6. The molecule has 2 aromatic carbocycles. The van der Waals surface area contributed by atoms with Crippen LogP contribution in [0.3, 0.4) is 0 Å². The van der Waals surface area contributed by atoms with Gasteiger partial charge in [-0.15, -0.1) is 0 Å². The van der Waals surface area contributed by atoms with Crippen LogP contribution in [0.1, 0.15) is 18.3 Å². The summed E-state index contributed by atoms with van der Waals surface area (Å²) in [5.74, 6) is 0. The first-order valence-electron chi connectivity index (χ1n) is 9.46. The summed E-state index contributed by atoms with van der Waals surface area (Å²) in [5.41, 5.74) is 3.86. The Labute approximate surface area is 171 Å². The van der Waals surface area contributed by atoms with Crippen LogP contribution in [0.5, 0.6) is 0 Å². The van der Waals surface area contributed by atoms with E-state index < -0.39 is 12.1 Å². The fraction of sp³-hybridized carbons (Fsp3) is 0.286. The second-order valence-electron chi connectivity index (χ2n) is 7.03. The van der Waals surface area contributed by atoms with E-state index in [0.717, 1.165) is 34.2 Å². The average molecular weight is 411 g/mol. The van der Waals surface area contributed by atoms with Gasteiger partial charge < -0.3 is 0 Å². The zero-order chi connectivity index (χ0) is 21.2. The van der Waals surface area contributed by atoms with Crippen LogP contribution in [0, 0.1) is 24.0 Å². The number of benzene rings is 2. The molecule has 0 saturated heterocycles. The van der Waals surface area contributed by atoms with E-state index in [4.69, 9.17) is 9.84 Å². The Kier molecular flexibility index (Phi) is 6.01. The van der Waals surface area contributed by atoms with Gasteiger partial charge in [0.2, 0.25) is 0 Å². The number of hydrogen-bond acceptors (Lipinski definition) is 4. The molecule has 0 unspecified atom stereocenters. The van der Waals surface area contributed by atoms with Gasteiger partial charge >= 0.3 is 0 Å². The normalized spacial score (nSPS) is 13.3. The summed E-state index contributed by atoms with van der Waals surface area (Å²) < 4.78 is 9.34. The van der Waals surface area contributed by atoms with Crippen LogP contribution >= 0.6 is 7.21 Å². The van der Waals surface area contributed by atoms with Gasteiger partial charge in [-0.25, -0.2) is 9.43 Å². The molecule has 0 radical (unpaired) electrons. The van der Waals surface area contributed by atoms with Crippen LogP contribution in [0.15, 0.2) is 59.3 Å². The molecular weight excluding hydrogens is 385 g/mol. The fourth-order valence-electron chi connectivity index (χ4n) is 3.66. The average Bonchev–Trinajstić information content (AvgIpc) is 3.01. The molecule has 0 spiro atoms. The van der Waals surface area contributed by atoms with E-state index in [0.29, 0.717) is 0 Å². The number of aromatic nitrogens is 2. The molecular formula is C21H26N5O2P. The number of nitro groups is 1. The number of hydrogen-bond donors (Lipinski definition) is 0.